The number of nitrogens with one attached hydrogen (secondary N) is 3. The first kappa shape index (κ1) is 35.6. The van der Waals surface area contributed by atoms with Crippen LogP contribution in [0.5, 0.6) is 0 Å². The molecule has 0 bridgehead atoms. The van der Waals surface area contributed by atoms with Crippen LogP contribution in [0.4, 0.5) is 10.6 Å². The normalized spacial score (nSPS) is 11.0. The van der Waals surface area contributed by atoms with Gasteiger partial charge in [-0.05, 0) is 70.2 Å². The molecule has 51 heavy (non-hydrogen) atoms. The molecule has 256 valence electrons. The lowest BCUT2D eigenvalue weighted by atomic mass is 10.00. The van der Waals surface area contributed by atoms with Crippen molar-refractivity contribution in [2.45, 2.75) is 3.98 Å². The van der Waals surface area contributed by atoms with E-state index in [1.807, 2.05) is 97.1 Å². The second kappa shape index (κ2) is 15.8. The standard InChI is InChI=1S/C18H12Cl4N4O2.C17H11ClN4O/c19-13-8-6-12(7-9-13)15-14(11-4-2-1-3-5-11)16(24-10-23-15)25-26-17(27)28-18(20,21)22;18-13-8-6-12(7-9-13)15-14(11-4-2-1-3-5-11)16-20-21-17(23)22(16)10-19-15/h1-10H,(H,26,27)(H,23,24,25);1-10H,(H,21,23). The van der Waals surface area contributed by atoms with Crippen LogP contribution < -0.4 is 16.5 Å². The number of benzene rings is 4. The first-order valence-corrected chi connectivity index (χ1v) is 16.7. The molecule has 16 heteroatoms. The van der Waals surface area contributed by atoms with Crippen molar-refractivity contribution < 1.29 is 9.53 Å². The van der Waals surface area contributed by atoms with E-state index in [1.165, 1.54) is 17.1 Å². The number of hydrogen-bond acceptors (Lipinski definition) is 8. The lowest BCUT2D eigenvalue weighted by Crippen LogP contribution is -2.33. The Hall–Kier alpha value is -5.17. The number of ether oxygens (including phenoxy) is 1. The number of rotatable bonds is 6. The van der Waals surface area contributed by atoms with Gasteiger partial charge in [-0.2, -0.15) is 5.10 Å². The number of aromatic amines is 1. The average molecular weight is 781 g/mol. The van der Waals surface area contributed by atoms with Crippen LogP contribution in [0, 0.1) is 0 Å². The maximum Gasteiger partial charge on any atom is 0.429 e. The summed E-state index contributed by atoms with van der Waals surface area (Å²) in [6.45, 7) is 0. The monoisotopic (exact) mass is 778 g/mol. The molecule has 7 rings (SSSR count). The summed E-state index contributed by atoms with van der Waals surface area (Å²) in [6.07, 6.45) is 1.85. The molecule has 3 heterocycles. The van der Waals surface area contributed by atoms with Gasteiger partial charge in [-0.25, -0.2) is 39.5 Å². The highest BCUT2D eigenvalue weighted by Gasteiger charge is 2.25. The summed E-state index contributed by atoms with van der Waals surface area (Å²) in [4.78, 5) is 36.7. The van der Waals surface area contributed by atoms with Gasteiger partial charge < -0.3 is 4.74 Å². The zero-order valence-electron chi connectivity index (χ0n) is 25.9. The fourth-order valence-corrected chi connectivity index (χ4v) is 5.46. The van der Waals surface area contributed by atoms with Gasteiger partial charge in [0, 0.05) is 21.2 Å². The molecule has 0 saturated carbocycles. The van der Waals surface area contributed by atoms with Crippen LogP contribution in [0.1, 0.15) is 0 Å². The third-order valence-electron chi connectivity index (χ3n) is 7.17. The predicted octanol–water partition coefficient (Wildman–Crippen LogP) is 9.25. The Morgan fingerprint density at radius 1 is 0.686 bits per heavy atom. The fourth-order valence-electron chi connectivity index (χ4n) is 5.00. The average Bonchev–Trinajstić information content (AvgIpc) is 3.51. The van der Waals surface area contributed by atoms with Crippen LogP contribution in [0.25, 0.3) is 50.4 Å². The van der Waals surface area contributed by atoms with Crippen LogP contribution in [-0.2, 0) is 4.74 Å². The number of H-pyrrole nitrogens is 1. The summed E-state index contributed by atoms with van der Waals surface area (Å²) < 4.78 is 3.78. The Balaban J connectivity index is 0.000000179. The Labute approximate surface area is 315 Å². The van der Waals surface area contributed by atoms with E-state index >= 15 is 0 Å². The van der Waals surface area contributed by atoms with Crippen molar-refractivity contribution in [3.05, 3.63) is 142 Å². The van der Waals surface area contributed by atoms with Gasteiger partial charge in [0.1, 0.15) is 12.7 Å². The van der Waals surface area contributed by atoms with Crippen molar-refractivity contribution in [1.82, 2.24) is 35.0 Å². The van der Waals surface area contributed by atoms with Crippen LogP contribution in [-0.4, -0.2) is 39.6 Å². The Morgan fingerprint density at radius 2 is 1.22 bits per heavy atom. The number of alkyl halides is 3. The fraction of sp³-hybridized carbons (Fsp3) is 0.0286. The van der Waals surface area contributed by atoms with E-state index in [2.05, 4.69) is 40.7 Å². The van der Waals surface area contributed by atoms with Gasteiger partial charge in [0.15, 0.2) is 11.5 Å². The molecule has 3 aromatic heterocycles. The number of carbonyl (C=O) groups is 1. The molecule has 0 atom stereocenters. The molecule has 3 N–H and O–H groups in total. The number of hydrogen-bond donors (Lipinski definition) is 3. The molecular formula is C35H23Cl5N8O3. The van der Waals surface area contributed by atoms with E-state index in [-0.39, 0.29) is 5.69 Å². The minimum Gasteiger partial charge on any atom is -0.397 e. The molecule has 1 amide bonds. The first-order valence-electron chi connectivity index (χ1n) is 14.8. The zero-order chi connectivity index (χ0) is 36.0. The molecule has 0 aliphatic carbocycles. The molecule has 0 fully saturated rings. The van der Waals surface area contributed by atoms with Gasteiger partial charge in [0.05, 0.1) is 22.5 Å². The number of halogens is 5. The van der Waals surface area contributed by atoms with E-state index < -0.39 is 10.1 Å². The van der Waals surface area contributed by atoms with Gasteiger partial charge in [0.25, 0.3) is 0 Å². The predicted molar refractivity (Wildman–Crippen MR) is 201 cm³/mol. The Bertz CT molecular complexity index is 2330. The Morgan fingerprint density at radius 3 is 1.76 bits per heavy atom. The highest BCUT2D eigenvalue weighted by molar-refractivity contribution is 6.66. The molecule has 0 aliphatic rings. The van der Waals surface area contributed by atoms with Gasteiger partial charge >= 0.3 is 15.8 Å². The van der Waals surface area contributed by atoms with Crippen molar-refractivity contribution in [2.24, 2.45) is 0 Å². The number of fused-ring (bicyclic) bond motifs is 1. The van der Waals surface area contributed by atoms with Crippen molar-refractivity contribution in [2.75, 3.05) is 5.43 Å². The molecule has 0 spiro atoms. The van der Waals surface area contributed by atoms with E-state index in [1.54, 1.807) is 12.1 Å². The molecular weight excluding hydrogens is 758 g/mol. The van der Waals surface area contributed by atoms with Crippen LogP contribution in [0.15, 0.2) is 127 Å². The summed E-state index contributed by atoms with van der Waals surface area (Å²) in [5.74, 6) is 0.326. The SMILES string of the molecule is O=C(NNc1ncnc(-c2ccc(Cl)cc2)c1-c1ccccc1)OC(Cl)(Cl)Cl.O=c1[nH]nc2c(-c3ccccc3)c(-c3ccc(Cl)cc3)ncn12. The number of hydrazine groups is 1. The number of anilines is 1. The van der Waals surface area contributed by atoms with Gasteiger partial charge in [0.2, 0.25) is 0 Å². The summed E-state index contributed by atoms with van der Waals surface area (Å²) >= 11 is 28.3. The molecule has 11 nitrogen and oxygen atoms in total. The van der Waals surface area contributed by atoms with Gasteiger partial charge in [-0.1, -0.05) is 108 Å². The minimum atomic E-state index is -2.19. The molecule has 0 aliphatic heterocycles. The largest absolute Gasteiger partial charge is 0.429 e. The lowest BCUT2D eigenvalue weighted by molar-refractivity contribution is 0.146. The van der Waals surface area contributed by atoms with Gasteiger partial charge in [-0.3, -0.25) is 5.43 Å². The van der Waals surface area contributed by atoms with Crippen LogP contribution in [0.3, 0.4) is 0 Å². The van der Waals surface area contributed by atoms with Crippen molar-refractivity contribution in [1.29, 1.82) is 0 Å². The number of aromatic nitrogens is 6. The summed E-state index contributed by atoms with van der Waals surface area (Å²) in [7, 11) is 0. The maximum absolute atomic E-state index is 11.8. The topological polar surface area (TPSA) is 139 Å². The Kier molecular flexibility index (Phi) is 11.0. The van der Waals surface area contributed by atoms with E-state index in [0.29, 0.717) is 32.8 Å². The quantitative estimate of drug-likeness (QED) is 0.112. The molecule has 0 saturated heterocycles. The second-order valence-electron chi connectivity index (χ2n) is 10.5. The molecule has 0 radical (unpaired) electrons. The molecule has 7 aromatic rings. The third-order valence-corrected chi connectivity index (χ3v) is 7.90. The number of carbonyl (C=O) groups excluding carboxylic acids is 1. The van der Waals surface area contributed by atoms with Crippen molar-refractivity contribution in [3.8, 4) is 44.8 Å². The first-order chi connectivity index (χ1) is 24.6. The van der Waals surface area contributed by atoms with E-state index in [9.17, 15) is 9.59 Å². The smallest absolute Gasteiger partial charge is 0.397 e. The minimum absolute atomic E-state index is 0.313. The van der Waals surface area contributed by atoms with E-state index in [0.717, 1.165) is 33.5 Å². The summed E-state index contributed by atoms with van der Waals surface area (Å²) in [6, 6.07) is 33.8. The highest BCUT2D eigenvalue weighted by atomic mass is 35.6. The zero-order valence-corrected chi connectivity index (χ0v) is 29.7. The summed E-state index contributed by atoms with van der Waals surface area (Å²) in [5.41, 5.74) is 11.5. The number of amides is 1. The third kappa shape index (κ3) is 8.77. The number of nitrogens with zero attached hydrogens (tertiary/aromatic N) is 5. The van der Waals surface area contributed by atoms with E-state index in [4.69, 9.17) is 58.0 Å². The van der Waals surface area contributed by atoms with Crippen molar-refractivity contribution >= 4 is 75.6 Å². The summed E-state index contributed by atoms with van der Waals surface area (Å²) in [5, 5.41) is 7.89. The second-order valence-corrected chi connectivity index (χ2v) is 13.5. The van der Waals surface area contributed by atoms with Gasteiger partial charge in [-0.15, -0.1) is 0 Å². The van der Waals surface area contributed by atoms with Crippen LogP contribution in [0.2, 0.25) is 10.0 Å². The maximum atomic E-state index is 11.8. The van der Waals surface area contributed by atoms with Crippen molar-refractivity contribution in [3.63, 3.8) is 0 Å². The molecule has 4 aromatic carbocycles. The highest BCUT2D eigenvalue weighted by Crippen LogP contribution is 2.36. The molecule has 0 unspecified atom stereocenters. The lowest BCUT2D eigenvalue weighted by Gasteiger charge is -2.17. The van der Waals surface area contributed by atoms with Crippen LogP contribution >= 0.6 is 58.0 Å².